The molecule has 0 amide bonds. The second kappa shape index (κ2) is 11.2. The van der Waals surface area contributed by atoms with Crippen LogP contribution in [0.15, 0.2) is 23.3 Å². The Morgan fingerprint density at radius 1 is 1.22 bits per heavy atom. The molecule has 0 spiro atoms. The van der Waals surface area contributed by atoms with Crippen molar-refractivity contribution < 1.29 is 19.4 Å². The minimum atomic E-state index is -0.439. The summed E-state index contributed by atoms with van der Waals surface area (Å²) < 4.78 is 4.60. The van der Waals surface area contributed by atoms with E-state index < -0.39 is 6.10 Å². The smallest absolute Gasteiger partial charge is 0.305 e. The van der Waals surface area contributed by atoms with Gasteiger partial charge in [-0.2, -0.15) is 0 Å². The highest BCUT2D eigenvalue weighted by atomic mass is 16.5. The summed E-state index contributed by atoms with van der Waals surface area (Å²) in [5.74, 6) is 0.116. The first-order valence-electron chi connectivity index (χ1n) is 8.76. The molecule has 1 aliphatic carbocycles. The van der Waals surface area contributed by atoms with Gasteiger partial charge in [0, 0.05) is 12.8 Å². The zero-order chi connectivity index (χ0) is 17.1. The molecule has 23 heavy (non-hydrogen) atoms. The average molecular weight is 322 g/mol. The van der Waals surface area contributed by atoms with Gasteiger partial charge >= 0.3 is 5.97 Å². The number of allylic oxidation sites excluding steroid dienone is 3. The van der Waals surface area contributed by atoms with Crippen LogP contribution in [0.1, 0.15) is 71.1 Å². The Morgan fingerprint density at radius 3 is 2.61 bits per heavy atom. The predicted octanol–water partition coefficient (Wildman–Crippen LogP) is 3.88. The lowest BCUT2D eigenvalue weighted by Gasteiger charge is -2.06. The Bertz CT molecular complexity index is 448. The molecule has 0 aliphatic heterocycles. The summed E-state index contributed by atoms with van der Waals surface area (Å²) in [6, 6.07) is 0. The molecule has 0 bridgehead atoms. The maximum Gasteiger partial charge on any atom is 0.305 e. The van der Waals surface area contributed by atoms with E-state index in [1.54, 1.807) is 0 Å². The third-order valence-electron chi connectivity index (χ3n) is 4.33. The van der Waals surface area contributed by atoms with Gasteiger partial charge in [-0.05, 0) is 36.8 Å². The molecule has 0 saturated heterocycles. The van der Waals surface area contributed by atoms with Gasteiger partial charge in [-0.1, -0.05) is 44.8 Å². The lowest BCUT2D eigenvalue weighted by molar-refractivity contribution is -0.140. The molecule has 0 heterocycles. The highest BCUT2D eigenvalue weighted by Crippen LogP contribution is 2.26. The van der Waals surface area contributed by atoms with E-state index in [4.69, 9.17) is 0 Å². The Kier molecular flexibility index (Phi) is 9.53. The molecule has 0 aromatic heterocycles. The van der Waals surface area contributed by atoms with Gasteiger partial charge in [0.05, 0.1) is 13.2 Å². The van der Waals surface area contributed by atoms with E-state index in [0.717, 1.165) is 62.5 Å². The van der Waals surface area contributed by atoms with Crippen molar-refractivity contribution in [1.29, 1.82) is 0 Å². The number of rotatable bonds is 11. The molecule has 1 atom stereocenters. The number of ketones is 1. The molecule has 1 rings (SSSR count). The average Bonchev–Trinajstić information content (AvgIpc) is 2.91. The van der Waals surface area contributed by atoms with Crippen molar-refractivity contribution in [2.45, 2.75) is 77.2 Å². The predicted molar refractivity (Wildman–Crippen MR) is 91.0 cm³/mol. The lowest BCUT2D eigenvalue weighted by Crippen LogP contribution is -2.02. The summed E-state index contributed by atoms with van der Waals surface area (Å²) in [7, 11) is 1.41. The van der Waals surface area contributed by atoms with Crippen LogP contribution in [0.5, 0.6) is 0 Å². The number of hydrogen-bond donors (Lipinski definition) is 1. The zero-order valence-corrected chi connectivity index (χ0v) is 14.5. The molecule has 0 saturated carbocycles. The maximum absolute atomic E-state index is 11.6. The summed E-state index contributed by atoms with van der Waals surface area (Å²) in [4.78, 5) is 22.6. The van der Waals surface area contributed by atoms with Crippen LogP contribution in [0, 0.1) is 0 Å². The molecule has 4 nitrogen and oxygen atoms in total. The first-order chi connectivity index (χ1) is 11.1. The number of ether oxygens (including phenoxy) is 1. The molecule has 4 heteroatoms. The van der Waals surface area contributed by atoms with E-state index in [0.29, 0.717) is 12.8 Å². The molecule has 0 fully saturated rings. The summed E-state index contributed by atoms with van der Waals surface area (Å²) >= 11 is 0. The van der Waals surface area contributed by atoms with E-state index in [1.165, 1.54) is 7.11 Å². The van der Waals surface area contributed by atoms with E-state index in [9.17, 15) is 14.7 Å². The van der Waals surface area contributed by atoms with Crippen LogP contribution < -0.4 is 0 Å². The molecule has 0 radical (unpaired) electrons. The largest absolute Gasteiger partial charge is 0.469 e. The highest BCUT2D eigenvalue weighted by Gasteiger charge is 2.19. The SMILES string of the molecule is CCC1=C(/C=C/[C@H](O)CCCCCCCC(=O)OC)CCC1=O. The number of aliphatic hydroxyl groups is 1. The van der Waals surface area contributed by atoms with Crippen molar-refractivity contribution >= 4 is 11.8 Å². The number of carbonyl (C=O) groups is 2. The van der Waals surface area contributed by atoms with E-state index >= 15 is 0 Å². The number of hydrogen-bond acceptors (Lipinski definition) is 4. The first-order valence-corrected chi connectivity index (χ1v) is 8.76. The lowest BCUT2D eigenvalue weighted by atomic mass is 10.0. The summed E-state index contributed by atoms with van der Waals surface area (Å²) in [6.07, 6.45) is 11.8. The van der Waals surface area contributed by atoms with E-state index in [-0.39, 0.29) is 11.8 Å². The van der Waals surface area contributed by atoms with Crippen LogP contribution >= 0.6 is 0 Å². The zero-order valence-electron chi connectivity index (χ0n) is 14.5. The van der Waals surface area contributed by atoms with Crippen LogP contribution in [0.2, 0.25) is 0 Å². The monoisotopic (exact) mass is 322 g/mol. The molecular formula is C19H30O4. The van der Waals surface area contributed by atoms with Gasteiger partial charge in [0.2, 0.25) is 0 Å². The quantitative estimate of drug-likeness (QED) is 0.463. The Balaban J connectivity index is 2.14. The Hall–Kier alpha value is -1.42. The van der Waals surface area contributed by atoms with Crippen LogP contribution in [-0.2, 0) is 14.3 Å². The second-order valence-corrected chi connectivity index (χ2v) is 6.09. The molecule has 1 N–H and O–H groups in total. The van der Waals surface area contributed by atoms with Gasteiger partial charge < -0.3 is 9.84 Å². The van der Waals surface area contributed by atoms with E-state index in [1.807, 2.05) is 19.1 Å². The van der Waals surface area contributed by atoms with Gasteiger partial charge in [-0.15, -0.1) is 0 Å². The van der Waals surface area contributed by atoms with Crippen LogP contribution in [-0.4, -0.2) is 30.1 Å². The van der Waals surface area contributed by atoms with Crippen molar-refractivity contribution in [3.8, 4) is 0 Å². The Labute approximate surface area is 139 Å². The van der Waals surface area contributed by atoms with Crippen LogP contribution in [0.25, 0.3) is 0 Å². The number of esters is 1. The highest BCUT2D eigenvalue weighted by molar-refractivity contribution is 5.99. The van der Waals surface area contributed by atoms with Crippen LogP contribution in [0.4, 0.5) is 0 Å². The van der Waals surface area contributed by atoms with E-state index in [2.05, 4.69) is 4.74 Å². The topological polar surface area (TPSA) is 63.6 Å². The van der Waals surface area contributed by atoms with Crippen LogP contribution in [0.3, 0.4) is 0 Å². The Morgan fingerprint density at radius 2 is 1.91 bits per heavy atom. The summed E-state index contributed by atoms with van der Waals surface area (Å²) in [5, 5.41) is 9.99. The second-order valence-electron chi connectivity index (χ2n) is 6.09. The number of carbonyl (C=O) groups excluding carboxylic acids is 2. The number of methoxy groups -OCH3 is 1. The molecule has 1 aliphatic rings. The van der Waals surface area contributed by atoms with Gasteiger partial charge in [0.1, 0.15) is 0 Å². The van der Waals surface area contributed by atoms with Gasteiger partial charge in [0.15, 0.2) is 5.78 Å². The van der Waals surface area contributed by atoms with Crippen molar-refractivity contribution in [3.63, 3.8) is 0 Å². The molecular weight excluding hydrogens is 292 g/mol. The summed E-state index contributed by atoms with van der Waals surface area (Å²) in [6.45, 7) is 2.00. The van der Waals surface area contributed by atoms with Crippen molar-refractivity contribution in [3.05, 3.63) is 23.3 Å². The minimum Gasteiger partial charge on any atom is -0.469 e. The maximum atomic E-state index is 11.6. The third-order valence-corrected chi connectivity index (χ3v) is 4.33. The minimum absolute atomic E-state index is 0.142. The van der Waals surface area contributed by atoms with Crippen molar-refractivity contribution in [2.24, 2.45) is 0 Å². The number of unbranched alkanes of at least 4 members (excludes halogenated alkanes) is 4. The van der Waals surface area contributed by atoms with Crippen molar-refractivity contribution in [2.75, 3.05) is 7.11 Å². The molecule has 0 aromatic carbocycles. The van der Waals surface area contributed by atoms with Gasteiger partial charge in [0.25, 0.3) is 0 Å². The molecule has 0 aromatic rings. The van der Waals surface area contributed by atoms with Gasteiger partial charge in [-0.25, -0.2) is 0 Å². The fraction of sp³-hybridized carbons (Fsp3) is 0.684. The van der Waals surface area contributed by atoms with Gasteiger partial charge in [-0.3, -0.25) is 9.59 Å². The fourth-order valence-corrected chi connectivity index (χ4v) is 2.92. The fourth-order valence-electron chi connectivity index (χ4n) is 2.92. The third kappa shape index (κ3) is 7.60. The summed E-state index contributed by atoms with van der Waals surface area (Å²) in [5.41, 5.74) is 2.03. The number of Topliss-reactive ketones (excluding diaryl/α,β-unsaturated/α-hetero) is 1. The number of aliphatic hydroxyl groups excluding tert-OH is 1. The standard InChI is InChI=1S/C19H30O4/c1-3-17-15(12-14-18(17)21)11-13-16(20)9-7-5-4-6-8-10-19(22)23-2/h11,13,16,20H,3-10,12,14H2,1-2H3/b13-11+/t16-/m1/s1. The first kappa shape index (κ1) is 19.6. The molecule has 0 unspecified atom stereocenters. The molecule has 130 valence electrons. The normalized spacial score (nSPS) is 16.4. The van der Waals surface area contributed by atoms with Crippen molar-refractivity contribution in [1.82, 2.24) is 0 Å².